The van der Waals surface area contributed by atoms with Crippen LogP contribution in [0.2, 0.25) is 0 Å². The number of methoxy groups -OCH3 is 1. The molecule has 0 radical (unpaired) electrons. The Kier molecular flexibility index (Phi) is 6.06. The Morgan fingerprint density at radius 2 is 1.52 bits per heavy atom. The SMILES string of the molecule is COCOc1cc(C(=O)O)c(-c2ccc3c(c2)C(C)(C)CCC3(C)C)cc1-c1ccccc1. The van der Waals surface area contributed by atoms with Crippen LogP contribution in [0.1, 0.15) is 62.0 Å². The Morgan fingerprint density at radius 1 is 0.848 bits per heavy atom. The van der Waals surface area contributed by atoms with Gasteiger partial charge in [-0.1, -0.05) is 76.2 Å². The maximum Gasteiger partial charge on any atom is 0.336 e. The van der Waals surface area contributed by atoms with Crippen LogP contribution in [0.3, 0.4) is 0 Å². The van der Waals surface area contributed by atoms with Crippen LogP contribution in [-0.4, -0.2) is 25.0 Å². The molecule has 0 heterocycles. The fraction of sp³-hybridized carbons (Fsp3) is 0.345. The lowest BCUT2D eigenvalue weighted by Gasteiger charge is -2.42. The topological polar surface area (TPSA) is 55.8 Å². The molecule has 1 aliphatic rings. The predicted octanol–water partition coefficient (Wildman–Crippen LogP) is 7.05. The number of carboxylic acid groups (broad SMARTS) is 1. The zero-order chi connectivity index (χ0) is 23.8. The van der Waals surface area contributed by atoms with Gasteiger partial charge in [-0.15, -0.1) is 0 Å². The smallest absolute Gasteiger partial charge is 0.336 e. The van der Waals surface area contributed by atoms with Gasteiger partial charge in [0.25, 0.3) is 0 Å². The minimum atomic E-state index is -0.982. The molecule has 0 aromatic heterocycles. The van der Waals surface area contributed by atoms with Crippen LogP contribution in [0.25, 0.3) is 22.3 Å². The van der Waals surface area contributed by atoms with E-state index in [1.54, 1.807) is 13.2 Å². The summed E-state index contributed by atoms with van der Waals surface area (Å²) in [7, 11) is 1.55. The van der Waals surface area contributed by atoms with Crippen molar-refractivity contribution in [1.29, 1.82) is 0 Å². The van der Waals surface area contributed by atoms with Gasteiger partial charge in [0.15, 0.2) is 6.79 Å². The van der Waals surface area contributed by atoms with Crippen molar-refractivity contribution in [3.8, 4) is 28.0 Å². The zero-order valence-corrected chi connectivity index (χ0v) is 20.1. The van der Waals surface area contributed by atoms with Gasteiger partial charge in [0, 0.05) is 12.7 Å². The first-order chi connectivity index (χ1) is 15.6. The minimum absolute atomic E-state index is 0.0357. The van der Waals surface area contributed by atoms with E-state index in [4.69, 9.17) is 9.47 Å². The fourth-order valence-electron chi connectivity index (χ4n) is 4.84. The number of carbonyl (C=O) groups is 1. The zero-order valence-electron chi connectivity index (χ0n) is 20.1. The van der Waals surface area contributed by atoms with Crippen molar-refractivity contribution in [2.75, 3.05) is 13.9 Å². The fourth-order valence-corrected chi connectivity index (χ4v) is 4.84. The lowest BCUT2D eigenvalue weighted by molar-refractivity contribution is 0.0512. The molecule has 0 atom stereocenters. The number of ether oxygens (including phenoxy) is 2. The van der Waals surface area contributed by atoms with Crippen LogP contribution in [-0.2, 0) is 15.6 Å². The number of benzene rings is 3. The summed E-state index contributed by atoms with van der Waals surface area (Å²) >= 11 is 0. The van der Waals surface area contributed by atoms with Crippen molar-refractivity contribution in [1.82, 2.24) is 0 Å². The second-order valence-electron chi connectivity index (χ2n) is 10.1. The third kappa shape index (κ3) is 4.40. The molecule has 0 spiro atoms. The van der Waals surface area contributed by atoms with E-state index >= 15 is 0 Å². The van der Waals surface area contributed by atoms with Gasteiger partial charge in [-0.05, 0) is 63.6 Å². The van der Waals surface area contributed by atoms with E-state index in [1.807, 2.05) is 36.4 Å². The van der Waals surface area contributed by atoms with Gasteiger partial charge < -0.3 is 14.6 Å². The van der Waals surface area contributed by atoms with Gasteiger partial charge in [0.1, 0.15) is 5.75 Å². The molecule has 1 N–H and O–H groups in total. The van der Waals surface area contributed by atoms with E-state index in [0.29, 0.717) is 11.3 Å². The Labute approximate surface area is 196 Å². The number of aromatic carboxylic acids is 1. The molecule has 0 amide bonds. The van der Waals surface area contributed by atoms with Crippen LogP contribution in [0, 0.1) is 0 Å². The molecular formula is C29H32O4. The van der Waals surface area contributed by atoms with Gasteiger partial charge in [-0.3, -0.25) is 0 Å². The quantitative estimate of drug-likeness (QED) is 0.414. The molecule has 4 rings (SSSR count). The molecule has 172 valence electrons. The average molecular weight is 445 g/mol. The monoisotopic (exact) mass is 444 g/mol. The van der Waals surface area contributed by atoms with Crippen LogP contribution in [0.15, 0.2) is 60.7 Å². The van der Waals surface area contributed by atoms with Crippen molar-refractivity contribution in [3.63, 3.8) is 0 Å². The average Bonchev–Trinajstić information content (AvgIpc) is 2.80. The van der Waals surface area contributed by atoms with Crippen molar-refractivity contribution < 1.29 is 19.4 Å². The number of hydrogen-bond donors (Lipinski definition) is 1. The number of fused-ring (bicyclic) bond motifs is 1. The molecule has 4 heteroatoms. The first kappa shape index (κ1) is 23.1. The van der Waals surface area contributed by atoms with Crippen molar-refractivity contribution in [3.05, 3.63) is 77.4 Å². The summed E-state index contributed by atoms with van der Waals surface area (Å²) in [5.74, 6) is -0.493. The van der Waals surface area contributed by atoms with Gasteiger partial charge in [0.05, 0.1) is 5.56 Å². The van der Waals surface area contributed by atoms with E-state index in [-0.39, 0.29) is 23.2 Å². The van der Waals surface area contributed by atoms with Crippen LogP contribution >= 0.6 is 0 Å². The molecule has 0 saturated heterocycles. The molecule has 0 fully saturated rings. The summed E-state index contributed by atoms with van der Waals surface area (Å²) in [5.41, 5.74) is 6.40. The van der Waals surface area contributed by atoms with Gasteiger partial charge in [-0.2, -0.15) is 0 Å². The largest absolute Gasteiger partial charge is 0.478 e. The van der Waals surface area contributed by atoms with Crippen LogP contribution < -0.4 is 4.74 Å². The maximum absolute atomic E-state index is 12.3. The number of hydrogen-bond acceptors (Lipinski definition) is 3. The third-order valence-electron chi connectivity index (χ3n) is 6.93. The van der Waals surface area contributed by atoms with Crippen molar-refractivity contribution in [2.24, 2.45) is 0 Å². The second kappa shape index (κ2) is 8.68. The molecule has 3 aromatic carbocycles. The Hall–Kier alpha value is -3.11. The van der Waals surface area contributed by atoms with E-state index in [2.05, 4.69) is 45.9 Å². The van der Waals surface area contributed by atoms with Crippen molar-refractivity contribution in [2.45, 2.75) is 51.4 Å². The lowest BCUT2D eigenvalue weighted by Crippen LogP contribution is -2.33. The lowest BCUT2D eigenvalue weighted by atomic mass is 9.63. The van der Waals surface area contributed by atoms with Crippen LogP contribution in [0.5, 0.6) is 5.75 Å². The van der Waals surface area contributed by atoms with E-state index in [9.17, 15) is 9.90 Å². The maximum atomic E-state index is 12.3. The Bertz CT molecular complexity index is 1180. The molecule has 0 bridgehead atoms. The van der Waals surface area contributed by atoms with Crippen molar-refractivity contribution >= 4 is 5.97 Å². The Balaban J connectivity index is 1.95. The first-order valence-corrected chi connectivity index (χ1v) is 11.4. The second-order valence-corrected chi connectivity index (χ2v) is 10.1. The number of carboxylic acids is 1. The highest BCUT2D eigenvalue weighted by Gasteiger charge is 2.37. The molecule has 4 nitrogen and oxygen atoms in total. The molecule has 0 saturated carbocycles. The molecule has 3 aromatic rings. The van der Waals surface area contributed by atoms with E-state index < -0.39 is 5.97 Å². The van der Waals surface area contributed by atoms with E-state index in [1.165, 1.54) is 11.1 Å². The summed E-state index contributed by atoms with van der Waals surface area (Å²) < 4.78 is 10.9. The molecular weight excluding hydrogens is 412 g/mol. The summed E-state index contributed by atoms with van der Waals surface area (Å²) in [5, 5.41) is 10.1. The van der Waals surface area contributed by atoms with Gasteiger partial charge >= 0.3 is 5.97 Å². The summed E-state index contributed by atoms with van der Waals surface area (Å²) in [6, 6.07) is 19.9. The molecule has 33 heavy (non-hydrogen) atoms. The first-order valence-electron chi connectivity index (χ1n) is 11.4. The highest BCUT2D eigenvalue weighted by atomic mass is 16.7. The standard InChI is InChI=1S/C29H32O4/c1-28(2)13-14-29(3,4)25-15-20(11-12-24(25)28)21-16-22(19-9-7-6-8-10-19)26(33-18-32-5)17-23(21)27(30)31/h6-12,15-17H,13-14,18H2,1-5H3,(H,30,31). The summed E-state index contributed by atoms with van der Waals surface area (Å²) in [4.78, 5) is 12.3. The highest BCUT2D eigenvalue weighted by molar-refractivity contribution is 5.98. The van der Waals surface area contributed by atoms with E-state index in [0.717, 1.165) is 29.5 Å². The third-order valence-corrected chi connectivity index (χ3v) is 6.93. The molecule has 1 aliphatic carbocycles. The van der Waals surface area contributed by atoms with Gasteiger partial charge in [0.2, 0.25) is 0 Å². The highest BCUT2D eigenvalue weighted by Crippen LogP contribution is 2.47. The normalized spacial score (nSPS) is 16.2. The minimum Gasteiger partial charge on any atom is -0.478 e. The molecule has 0 aliphatic heterocycles. The summed E-state index contributed by atoms with van der Waals surface area (Å²) in [6.45, 7) is 9.18. The van der Waals surface area contributed by atoms with Crippen LogP contribution in [0.4, 0.5) is 0 Å². The van der Waals surface area contributed by atoms with Gasteiger partial charge in [-0.25, -0.2) is 4.79 Å². The summed E-state index contributed by atoms with van der Waals surface area (Å²) in [6.07, 6.45) is 2.23. The Morgan fingerprint density at radius 3 is 2.15 bits per heavy atom. The molecule has 0 unspecified atom stereocenters. The number of rotatable bonds is 6. The predicted molar refractivity (Wildman–Crippen MR) is 132 cm³/mol.